The monoisotopic (exact) mass is 329 g/mol. The van der Waals surface area contributed by atoms with Crippen molar-refractivity contribution in [3.8, 4) is 0 Å². The van der Waals surface area contributed by atoms with Gasteiger partial charge in [-0.15, -0.1) is 0 Å². The van der Waals surface area contributed by atoms with Gasteiger partial charge in [-0.2, -0.15) is 10.2 Å². The van der Waals surface area contributed by atoms with Crippen LogP contribution in [0.4, 0.5) is 0 Å². The maximum Gasteiger partial charge on any atom is 0.253 e. The molecular formula is C21H19N3O. The first kappa shape index (κ1) is 16.6. The summed E-state index contributed by atoms with van der Waals surface area (Å²) in [6.07, 6.45) is -0.516. The molecule has 4 nitrogen and oxygen atoms in total. The van der Waals surface area contributed by atoms with Gasteiger partial charge in [0.1, 0.15) is 0 Å². The van der Waals surface area contributed by atoms with Gasteiger partial charge in [0.15, 0.2) is 6.17 Å². The Morgan fingerprint density at radius 2 is 1.36 bits per heavy atom. The van der Waals surface area contributed by atoms with Crippen molar-refractivity contribution in [1.29, 1.82) is 0 Å². The van der Waals surface area contributed by atoms with Crippen LogP contribution in [0.15, 0.2) is 101 Å². The van der Waals surface area contributed by atoms with Gasteiger partial charge in [0.2, 0.25) is 0 Å². The van der Waals surface area contributed by atoms with Crippen LogP contribution in [0.2, 0.25) is 0 Å². The van der Waals surface area contributed by atoms with Gasteiger partial charge in [0, 0.05) is 5.56 Å². The summed E-state index contributed by atoms with van der Waals surface area (Å²) in [5.41, 5.74) is 2.57. The van der Waals surface area contributed by atoms with E-state index in [0.717, 1.165) is 11.1 Å². The summed E-state index contributed by atoms with van der Waals surface area (Å²) in [6, 6.07) is 28.6. The second-order valence-corrected chi connectivity index (χ2v) is 5.55. The zero-order chi connectivity index (χ0) is 17.3. The molecule has 0 aromatic heterocycles. The Labute approximate surface area is 147 Å². The highest BCUT2D eigenvalue weighted by Gasteiger charge is 2.14. The second kappa shape index (κ2) is 8.55. The van der Waals surface area contributed by atoms with Gasteiger partial charge in [0.25, 0.3) is 5.91 Å². The van der Waals surface area contributed by atoms with Crippen molar-refractivity contribution in [2.45, 2.75) is 12.7 Å². The molecule has 124 valence electrons. The topological polar surface area (TPSA) is 53.8 Å². The number of benzene rings is 3. The van der Waals surface area contributed by atoms with E-state index < -0.39 is 6.17 Å². The lowest BCUT2D eigenvalue weighted by molar-refractivity contribution is 0.0936. The van der Waals surface area contributed by atoms with Crippen LogP contribution in [0.25, 0.3) is 0 Å². The summed E-state index contributed by atoms with van der Waals surface area (Å²) in [7, 11) is 0. The van der Waals surface area contributed by atoms with Crippen molar-refractivity contribution in [3.05, 3.63) is 108 Å². The van der Waals surface area contributed by atoms with E-state index in [1.54, 1.807) is 12.1 Å². The zero-order valence-electron chi connectivity index (χ0n) is 13.7. The van der Waals surface area contributed by atoms with E-state index in [1.165, 1.54) is 0 Å². The van der Waals surface area contributed by atoms with Crippen LogP contribution >= 0.6 is 0 Å². The van der Waals surface area contributed by atoms with Crippen LogP contribution in [0.5, 0.6) is 0 Å². The average Bonchev–Trinajstić information content (AvgIpc) is 2.69. The fraction of sp³-hybridized carbons (Fsp3) is 0.0952. The minimum absolute atomic E-state index is 0.173. The van der Waals surface area contributed by atoms with Crippen molar-refractivity contribution in [3.63, 3.8) is 0 Å². The van der Waals surface area contributed by atoms with Gasteiger partial charge in [-0.05, 0) is 23.3 Å². The van der Waals surface area contributed by atoms with Crippen LogP contribution in [-0.4, -0.2) is 5.91 Å². The fourth-order valence-electron chi connectivity index (χ4n) is 2.40. The largest absolute Gasteiger partial charge is 0.325 e. The lowest BCUT2D eigenvalue weighted by Crippen LogP contribution is -2.27. The van der Waals surface area contributed by atoms with E-state index in [1.807, 2.05) is 78.9 Å². The van der Waals surface area contributed by atoms with Gasteiger partial charge in [-0.1, -0.05) is 78.9 Å². The average molecular weight is 329 g/mol. The lowest BCUT2D eigenvalue weighted by Gasteiger charge is -2.14. The van der Waals surface area contributed by atoms with E-state index in [9.17, 15) is 4.79 Å². The quantitative estimate of drug-likeness (QED) is 0.651. The van der Waals surface area contributed by atoms with Crippen molar-refractivity contribution in [2.75, 3.05) is 0 Å². The van der Waals surface area contributed by atoms with Crippen LogP contribution < -0.4 is 5.32 Å². The molecule has 0 aliphatic carbocycles. The molecule has 0 aliphatic heterocycles. The predicted octanol–water partition coefficient (Wildman–Crippen LogP) is 4.77. The fourth-order valence-corrected chi connectivity index (χ4v) is 2.40. The number of carbonyl (C=O) groups excluding carboxylic acids is 1. The standard InChI is InChI=1S/C21H19N3O/c25-21(19-14-8-3-9-15-19)23-20(18-12-6-2-7-13-18)24-22-16-17-10-4-1-5-11-17/h1-15,20H,16H2,(H,23,25). The Hall–Kier alpha value is -3.27. The first-order chi connectivity index (χ1) is 12.3. The summed E-state index contributed by atoms with van der Waals surface area (Å²) in [6.45, 7) is 0.478. The SMILES string of the molecule is O=C(NC(N=NCc1ccccc1)c1ccccc1)c1ccccc1. The number of hydrogen-bond acceptors (Lipinski definition) is 3. The molecule has 1 amide bonds. The van der Waals surface area contributed by atoms with Crippen LogP contribution in [0.1, 0.15) is 27.7 Å². The number of azo groups is 1. The molecule has 0 saturated heterocycles. The Morgan fingerprint density at radius 3 is 2.00 bits per heavy atom. The van der Waals surface area contributed by atoms with Crippen molar-refractivity contribution >= 4 is 5.91 Å². The zero-order valence-corrected chi connectivity index (χ0v) is 13.7. The van der Waals surface area contributed by atoms with Crippen molar-refractivity contribution in [1.82, 2.24) is 5.32 Å². The third kappa shape index (κ3) is 4.85. The molecule has 1 unspecified atom stereocenters. The number of hydrogen-bond donors (Lipinski definition) is 1. The van der Waals surface area contributed by atoms with E-state index in [2.05, 4.69) is 15.5 Å². The smallest absolute Gasteiger partial charge is 0.253 e. The summed E-state index contributed by atoms with van der Waals surface area (Å²) >= 11 is 0. The number of amides is 1. The lowest BCUT2D eigenvalue weighted by atomic mass is 10.1. The minimum Gasteiger partial charge on any atom is -0.325 e. The summed E-state index contributed by atoms with van der Waals surface area (Å²) in [4.78, 5) is 12.4. The predicted molar refractivity (Wildman–Crippen MR) is 98.1 cm³/mol. The van der Waals surface area contributed by atoms with Crippen molar-refractivity contribution < 1.29 is 4.79 Å². The molecule has 3 aromatic carbocycles. The molecule has 0 fully saturated rings. The second-order valence-electron chi connectivity index (χ2n) is 5.55. The highest BCUT2D eigenvalue weighted by molar-refractivity contribution is 5.94. The number of nitrogens with one attached hydrogen (secondary N) is 1. The van der Waals surface area contributed by atoms with E-state index >= 15 is 0 Å². The molecule has 0 bridgehead atoms. The van der Waals surface area contributed by atoms with Gasteiger partial charge >= 0.3 is 0 Å². The summed E-state index contributed by atoms with van der Waals surface area (Å²) in [5.74, 6) is -0.173. The Morgan fingerprint density at radius 1 is 0.800 bits per heavy atom. The molecule has 0 heterocycles. The third-order valence-corrected chi connectivity index (χ3v) is 3.71. The number of nitrogens with zero attached hydrogens (tertiary/aromatic N) is 2. The Bertz CT molecular complexity index is 818. The molecule has 0 radical (unpaired) electrons. The van der Waals surface area contributed by atoms with Gasteiger partial charge in [-0.25, -0.2) is 0 Å². The molecule has 3 rings (SSSR count). The minimum atomic E-state index is -0.516. The summed E-state index contributed by atoms with van der Waals surface area (Å²) in [5, 5.41) is 11.6. The maximum absolute atomic E-state index is 12.4. The normalized spacial score (nSPS) is 12.0. The first-order valence-corrected chi connectivity index (χ1v) is 8.14. The van der Waals surface area contributed by atoms with E-state index in [0.29, 0.717) is 12.1 Å². The summed E-state index contributed by atoms with van der Waals surface area (Å²) < 4.78 is 0. The van der Waals surface area contributed by atoms with Crippen LogP contribution in [0.3, 0.4) is 0 Å². The molecule has 1 atom stereocenters. The van der Waals surface area contributed by atoms with E-state index in [-0.39, 0.29) is 5.91 Å². The number of rotatable bonds is 6. The molecule has 0 spiro atoms. The van der Waals surface area contributed by atoms with E-state index in [4.69, 9.17) is 0 Å². The number of carbonyl (C=O) groups is 1. The van der Waals surface area contributed by atoms with Gasteiger partial charge in [0.05, 0.1) is 6.54 Å². The molecule has 0 saturated carbocycles. The highest BCUT2D eigenvalue weighted by Crippen LogP contribution is 2.16. The van der Waals surface area contributed by atoms with Crippen LogP contribution in [-0.2, 0) is 6.54 Å². The Kier molecular flexibility index (Phi) is 5.67. The van der Waals surface area contributed by atoms with Gasteiger partial charge in [-0.3, -0.25) is 4.79 Å². The molecule has 0 aliphatic rings. The molecule has 4 heteroatoms. The van der Waals surface area contributed by atoms with Gasteiger partial charge < -0.3 is 5.32 Å². The maximum atomic E-state index is 12.4. The van der Waals surface area contributed by atoms with Crippen LogP contribution in [0, 0.1) is 0 Å². The molecule has 3 aromatic rings. The van der Waals surface area contributed by atoms with Crippen molar-refractivity contribution in [2.24, 2.45) is 10.2 Å². The third-order valence-electron chi connectivity index (χ3n) is 3.71. The highest BCUT2D eigenvalue weighted by atomic mass is 16.1. The molecular weight excluding hydrogens is 310 g/mol. The first-order valence-electron chi connectivity index (χ1n) is 8.14. The molecule has 1 N–H and O–H groups in total. The molecule has 25 heavy (non-hydrogen) atoms. The Balaban J connectivity index is 1.75.